The Labute approximate surface area is 128 Å². The third-order valence-electron chi connectivity index (χ3n) is 4.57. The van der Waals surface area contributed by atoms with E-state index in [1.807, 2.05) is 4.90 Å². The first-order chi connectivity index (χ1) is 10.3. The number of aliphatic hydroxyl groups excluding tert-OH is 1. The Kier molecular flexibility index (Phi) is 7.30. The first-order valence-corrected chi connectivity index (χ1v) is 8.55. The molecule has 5 nitrogen and oxygen atoms in total. The Bertz CT molecular complexity index is 306. The molecular formula is C16H30N2O3. The lowest BCUT2D eigenvalue weighted by Crippen LogP contribution is -2.46. The molecule has 1 aliphatic carbocycles. The van der Waals surface area contributed by atoms with Gasteiger partial charge in [0.15, 0.2) is 0 Å². The molecule has 0 aromatic heterocycles. The molecule has 0 aromatic rings. The van der Waals surface area contributed by atoms with Crippen LogP contribution < -0.4 is 5.32 Å². The highest BCUT2D eigenvalue weighted by molar-refractivity contribution is 5.74. The fraction of sp³-hybridized carbons (Fsp3) is 0.938. The number of aliphatic hydroxyl groups is 1. The number of carbonyl (C=O) groups is 1. The van der Waals surface area contributed by atoms with Crippen LogP contribution in [0, 0.1) is 5.92 Å². The summed E-state index contributed by atoms with van der Waals surface area (Å²) >= 11 is 0. The van der Waals surface area contributed by atoms with Crippen LogP contribution >= 0.6 is 0 Å². The van der Waals surface area contributed by atoms with Gasteiger partial charge >= 0.3 is 6.03 Å². The van der Waals surface area contributed by atoms with E-state index in [2.05, 4.69) is 5.32 Å². The van der Waals surface area contributed by atoms with E-state index in [4.69, 9.17) is 4.74 Å². The molecule has 0 spiro atoms. The fourth-order valence-electron chi connectivity index (χ4n) is 3.26. The summed E-state index contributed by atoms with van der Waals surface area (Å²) in [6, 6.07) is 0.00539. The van der Waals surface area contributed by atoms with Gasteiger partial charge in [0.25, 0.3) is 0 Å². The number of nitrogens with zero attached hydrogens (tertiary/aromatic N) is 1. The van der Waals surface area contributed by atoms with Crippen LogP contribution in [0.2, 0.25) is 0 Å². The summed E-state index contributed by atoms with van der Waals surface area (Å²) in [5.74, 6) is 0.249. The number of carbonyl (C=O) groups excluding carboxylic acids is 1. The lowest BCUT2D eigenvalue weighted by Gasteiger charge is -2.31. The van der Waals surface area contributed by atoms with Gasteiger partial charge in [-0.2, -0.15) is 0 Å². The van der Waals surface area contributed by atoms with Crippen molar-refractivity contribution in [3.05, 3.63) is 0 Å². The Morgan fingerprint density at radius 1 is 1.19 bits per heavy atom. The average Bonchev–Trinajstić information content (AvgIpc) is 2.55. The van der Waals surface area contributed by atoms with Crippen molar-refractivity contribution in [2.24, 2.45) is 5.92 Å². The molecule has 0 aromatic carbocycles. The second-order valence-corrected chi connectivity index (χ2v) is 6.35. The number of hydrogen-bond donors (Lipinski definition) is 2. The van der Waals surface area contributed by atoms with Gasteiger partial charge < -0.3 is 20.1 Å². The minimum atomic E-state index is 0.00539. The summed E-state index contributed by atoms with van der Waals surface area (Å²) in [5, 5.41) is 12.1. The van der Waals surface area contributed by atoms with Crippen molar-refractivity contribution in [1.29, 1.82) is 0 Å². The summed E-state index contributed by atoms with van der Waals surface area (Å²) in [4.78, 5) is 13.8. The summed E-state index contributed by atoms with van der Waals surface area (Å²) in [7, 11) is 0. The van der Waals surface area contributed by atoms with Gasteiger partial charge in [-0.1, -0.05) is 19.3 Å². The van der Waals surface area contributed by atoms with E-state index in [1.165, 1.54) is 32.1 Å². The Morgan fingerprint density at radius 2 is 2.00 bits per heavy atom. The van der Waals surface area contributed by atoms with Crippen molar-refractivity contribution in [3.63, 3.8) is 0 Å². The first-order valence-electron chi connectivity index (χ1n) is 8.55. The number of likely N-dealkylation sites (tertiary alicyclic amines) is 1. The van der Waals surface area contributed by atoms with Crippen LogP contribution in [0.25, 0.3) is 0 Å². The summed E-state index contributed by atoms with van der Waals surface area (Å²) in [6.45, 7) is 3.08. The fourth-order valence-corrected chi connectivity index (χ4v) is 3.26. The molecule has 122 valence electrons. The highest BCUT2D eigenvalue weighted by atomic mass is 16.5. The lowest BCUT2D eigenvalue weighted by molar-refractivity contribution is 0.0274. The van der Waals surface area contributed by atoms with Gasteiger partial charge in [-0.25, -0.2) is 4.79 Å². The zero-order valence-electron chi connectivity index (χ0n) is 13.1. The van der Waals surface area contributed by atoms with Gasteiger partial charge in [0.1, 0.15) is 0 Å². The molecule has 21 heavy (non-hydrogen) atoms. The number of ether oxygens (including phenoxy) is 1. The van der Waals surface area contributed by atoms with Gasteiger partial charge in [0.2, 0.25) is 0 Å². The van der Waals surface area contributed by atoms with E-state index in [-0.39, 0.29) is 18.6 Å². The molecule has 1 saturated carbocycles. The number of urea groups is 1. The van der Waals surface area contributed by atoms with Crippen molar-refractivity contribution < 1.29 is 14.6 Å². The molecule has 1 heterocycles. The molecule has 1 aliphatic heterocycles. The van der Waals surface area contributed by atoms with Crippen molar-refractivity contribution in [2.75, 3.05) is 32.8 Å². The standard InChI is InChI=1S/C16H30N2O3/c19-13-14-6-4-10-18(12-14)16(20)17-9-5-11-21-15-7-2-1-3-8-15/h14-15,19H,1-13H2,(H,17,20). The molecule has 1 atom stereocenters. The normalized spacial score (nSPS) is 24.0. The van der Waals surface area contributed by atoms with Gasteiger partial charge in [-0.15, -0.1) is 0 Å². The quantitative estimate of drug-likeness (QED) is 0.739. The van der Waals surface area contributed by atoms with Gasteiger partial charge in [-0.05, 0) is 38.0 Å². The van der Waals surface area contributed by atoms with E-state index < -0.39 is 0 Å². The van der Waals surface area contributed by atoms with E-state index in [1.54, 1.807) is 0 Å². The zero-order valence-corrected chi connectivity index (χ0v) is 13.1. The van der Waals surface area contributed by atoms with Crippen molar-refractivity contribution in [1.82, 2.24) is 10.2 Å². The summed E-state index contributed by atoms with van der Waals surface area (Å²) in [6.07, 6.45) is 9.66. The maximum atomic E-state index is 12.0. The van der Waals surface area contributed by atoms with Gasteiger partial charge in [-0.3, -0.25) is 0 Å². The number of piperidine rings is 1. The molecule has 0 radical (unpaired) electrons. The predicted octanol–water partition coefficient (Wildman–Crippen LogP) is 2.14. The molecule has 2 N–H and O–H groups in total. The molecule has 2 fully saturated rings. The summed E-state index contributed by atoms with van der Waals surface area (Å²) < 4.78 is 5.85. The van der Waals surface area contributed by atoms with Crippen LogP contribution in [-0.2, 0) is 4.74 Å². The first kappa shape index (κ1) is 16.6. The maximum absolute atomic E-state index is 12.0. The third-order valence-corrected chi connectivity index (χ3v) is 4.57. The van der Waals surface area contributed by atoms with Crippen LogP contribution in [-0.4, -0.2) is 55.0 Å². The Balaban J connectivity index is 1.52. The second kappa shape index (κ2) is 9.26. The van der Waals surface area contributed by atoms with Gasteiger partial charge in [0.05, 0.1) is 6.10 Å². The van der Waals surface area contributed by atoms with Crippen LogP contribution in [0.5, 0.6) is 0 Å². The molecule has 1 saturated heterocycles. The number of nitrogens with one attached hydrogen (secondary N) is 1. The van der Waals surface area contributed by atoms with E-state index in [0.717, 1.165) is 32.4 Å². The van der Waals surface area contributed by atoms with Crippen LogP contribution in [0.1, 0.15) is 51.4 Å². The second-order valence-electron chi connectivity index (χ2n) is 6.35. The molecule has 5 heteroatoms. The van der Waals surface area contributed by atoms with E-state index >= 15 is 0 Å². The number of hydrogen-bond acceptors (Lipinski definition) is 3. The Morgan fingerprint density at radius 3 is 2.76 bits per heavy atom. The van der Waals surface area contributed by atoms with E-state index in [0.29, 0.717) is 19.2 Å². The molecule has 1 unspecified atom stereocenters. The highest BCUT2D eigenvalue weighted by Gasteiger charge is 2.22. The largest absolute Gasteiger partial charge is 0.396 e. The minimum Gasteiger partial charge on any atom is -0.396 e. The molecular weight excluding hydrogens is 268 g/mol. The van der Waals surface area contributed by atoms with E-state index in [9.17, 15) is 9.90 Å². The van der Waals surface area contributed by atoms with Gasteiger partial charge in [0, 0.05) is 32.8 Å². The predicted molar refractivity (Wildman–Crippen MR) is 82.2 cm³/mol. The monoisotopic (exact) mass is 298 g/mol. The third kappa shape index (κ3) is 5.83. The SMILES string of the molecule is O=C(NCCCOC1CCCCC1)N1CCCC(CO)C1. The average molecular weight is 298 g/mol. The smallest absolute Gasteiger partial charge is 0.317 e. The maximum Gasteiger partial charge on any atom is 0.317 e. The van der Waals surface area contributed by atoms with Crippen LogP contribution in [0.15, 0.2) is 0 Å². The van der Waals surface area contributed by atoms with Crippen LogP contribution in [0.4, 0.5) is 4.79 Å². The molecule has 2 rings (SSSR count). The van der Waals surface area contributed by atoms with Crippen molar-refractivity contribution in [2.45, 2.75) is 57.5 Å². The number of amides is 2. The Hall–Kier alpha value is -0.810. The minimum absolute atomic E-state index is 0.00539. The summed E-state index contributed by atoms with van der Waals surface area (Å²) in [5.41, 5.74) is 0. The van der Waals surface area contributed by atoms with Crippen LogP contribution in [0.3, 0.4) is 0 Å². The lowest BCUT2D eigenvalue weighted by atomic mass is 9.98. The molecule has 2 amide bonds. The molecule has 0 bridgehead atoms. The van der Waals surface area contributed by atoms with Crippen molar-refractivity contribution in [3.8, 4) is 0 Å². The molecule has 2 aliphatic rings. The zero-order chi connectivity index (χ0) is 14.9. The van der Waals surface area contributed by atoms with Crippen molar-refractivity contribution >= 4 is 6.03 Å². The topological polar surface area (TPSA) is 61.8 Å². The highest BCUT2D eigenvalue weighted by Crippen LogP contribution is 2.20. The number of rotatable bonds is 6.